The van der Waals surface area contributed by atoms with Gasteiger partial charge in [0.2, 0.25) is 10.0 Å². The number of piperazine rings is 1. The van der Waals surface area contributed by atoms with E-state index in [1.54, 1.807) is 11.8 Å². The van der Waals surface area contributed by atoms with Gasteiger partial charge in [-0.15, -0.1) is 0 Å². The number of amides is 1. The summed E-state index contributed by atoms with van der Waals surface area (Å²) >= 11 is 1.75. The second-order valence-corrected chi connectivity index (χ2v) is 11.5. The molecule has 2 aliphatic heterocycles. The number of nitrogens with zero attached hydrogens (tertiary/aromatic N) is 3. The van der Waals surface area contributed by atoms with Gasteiger partial charge in [0.05, 0.1) is 6.04 Å². The summed E-state index contributed by atoms with van der Waals surface area (Å²) in [5.74, 6) is 1.29. The van der Waals surface area contributed by atoms with E-state index in [2.05, 4.69) is 27.1 Å². The van der Waals surface area contributed by atoms with Crippen LogP contribution < -0.4 is 5.32 Å². The molecule has 2 saturated heterocycles. The zero-order chi connectivity index (χ0) is 22.6. The third kappa shape index (κ3) is 5.55. The monoisotopic (exact) mass is 477 g/mol. The predicted molar refractivity (Wildman–Crippen MR) is 127 cm³/mol. The second kappa shape index (κ2) is 10.4. The summed E-state index contributed by atoms with van der Waals surface area (Å²) in [5, 5.41) is 3.12. The Labute approximate surface area is 194 Å². The van der Waals surface area contributed by atoms with Gasteiger partial charge in [0.15, 0.2) is 0 Å². The van der Waals surface area contributed by atoms with Crippen LogP contribution in [0.4, 0.5) is 0 Å². The SMILES string of the molecule is CN1CCN(CC(NC(=O)c2cc(S(=O)(=O)N3CCSCC3)c[nH]2)c2ccccc2)CC1. The average molecular weight is 478 g/mol. The third-order valence-corrected chi connectivity index (χ3v) is 8.87. The smallest absolute Gasteiger partial charge is 0.268 e. The van der Waals surface area contributed by atoms with Gasteiger partial charge >= 0.3 is 0 Å². The van der Waals surface area contributed by atoms with Gasteiger partial charge in [0.1, 0.15) is 10.6 Å². The highest BCUT2D eigenvalue weighted by Gasteiger charge is 2.28. The Hall–Kier alpha value is -1.85. The Morgan fingerprint density at radius 3 is 2.47 bits per heavy atom. The number of aromatic amines is 1. The first kappa shape index (κ1) is 23.3. The molecule has 2 fully saturated rings. The maximum Gasteiger partial charge on any atom is 0.268 e. The zero-order valence-corrected chi connectivity index (χ0v) is 20.0. The van der Waals surface area contributed by atoms with E-state index in [-0.39, 0.29) is 22.5 Å². The summed E-state index contributed by atoms with van der Waals surface area (Å²) in [5.41, 5.74) is 1.29. The van der Waals surface area contributed by atoms with E-state index in [4.69, 9.17) is 0 Å². The fourth-order valence-corrected chi connectivity index (χ4v) is 6.61. The van der Waals surface area contributed by atoms with E-state index in [0.29, 0.717) is 19.6 Å². The number of benzene rings is 1. The summed E-state index contributed by atoms with van der Waals surface area (Å²) in [4.78, 5) is 20.7. The van der Waals surface area contributed by atoms with Crippen molar-refractivity contribution in [3.05, 3.63) is 53.9 Å². The molecule has 2 aromatic rings. The van der Waals surface area contributed by atoms with Crippen molar-refractivity contribution < 1.29 is 13.2 Å². The number of carbonyl (C=O) groups is 1. The van der Waals surface area contributed by atoms with Crippen molar-refractivity contribution in [3.63, 3.8) is 0 Å². The number of nitrogens with one attached hydrogen (secondary N) is 2. The van der Waals surface area contributed by atoms with Gasteiger partial charge in [0.25, 0.3) is 5.91 Å². The summed E-state index contributed by atoms with van der Waals surface area (Å²) in [7, 11) is -1.47. The molecule has 10 heteroatoms. The van der Waals surface area contributed by atoms with E-state index in [1.807, 2.05) is 30.3 Å². The lowest BCUT2D eigenvalue weighted by Crippen LogP contribution is -2.47. The maximum atomic E-state index is 13.1. The highest BCUT2D eigenvalue weighted by atomic mass is 32.2. The highest BCUT2D eigenvalue weighted by molar-refractivity contribution is 7.99. The number of sulfonamides is 1. The lowest BCUT2D eigenvalue weighted by Gasteiger charge is -2.35. The van der Waals surface area contributed by atoms with Gasteiger partial charge in [0, 0.05) is 63.5 Å². The molecule has 2 aliphatic rings. The van der Waals surface area contributed by atoms with Crippen LogP contribution in [0.25, 0.3) is 0 Å². The van der Waals surface area contributed by atoms with Crippen LogP contribution in [0.1, 0.15) is 22.1 Å². The van der Waals surface area contributed by atoms with Crippen LogP contribution in [-0.2, 0) is 10.0 Å². The van der Waals surface area contributed by atoms with Crippen LogP contribution in [0.3, 0.4) is 0 Å². The molecule has 4 rings (SSSR count). The number of carbonyl (C=O) groups excluding carboxylic acids is 1. The molecule has 174 valence electrons. The average Bonchev–Trinajstić information content (AvgIpc) is 3.33. The standard InChI is InChI=1S/C22H31N5O3S2/c1-25-7-9-26(10-8-25)17-21(18-5-3-2-4-6-18)24-22(28)20-15-19(16-23-20)32(29,30)27-11-13-31-14-12-27/h2-6,15-16,21,23H,7-14,17H2,1H3,(H,24,28). The molecule has 0 bridgehead atoms. The summed E-state index contributed by atoms with van der Waals surface area (Å²) in [6.07, 6.45) is 1.42. The fraction of sp³-hybridized carbons (Fsp3) is 0.500. The molecule has 1 amide bonds. The number of rotatable bonds is 7. The van der Waals surface area contributed by atoms with Crippen LogP contribution in [0.5, 0.6) is 0 Å². The highest BCUT2D eigenvalue weighted by Crippen LogP contribution is 2.22. The number of aromatic nitrogens is 1. The molecule has 0 aliphatic carbocycles. The third-order valence-electron chi connectivity index (χ3n) is 6.05. The van der Waals surface area contributed by atoms with Crippen molar-refractivity contribution in [1.29, 1.82) is 0 Å². The van der Waals surface area contributed by atoms with E-state index in [0.717, 1.165) is 43.2 Å². The van der Waals surface area contributed by atoms with E-state index >= 15 is 0 Å². The normalized spacial score (nSPS) is 20.2. The molecule has 1 unspecified atom stereocenters. The van der Waals surface area contributed by atoms with Gasteiger partial charge in [-0.2, -0.15) is 16.1 Å². The Kier molecular flexibility index (Phi) is 7.57. The molecular formula is C22H31N5O3S2. The Balaban J connectivity index is 1.47. The van der Waals surface area contributed by atoms with Crippen molar-refractivity contribution >= 4 is 27.7 Å². The first-order valence-electron chi connectivity index (χ1n) is 11.0. The minimum absolute atomic E-state index is 0.143. The van der Waals surface area contributed by atoms with Gasteiger partial charge in [-0.25, -0.2) is 8.42 Å². The maximum absolute atomic E-state index is 13.1. The second-order valence-electron chi connectivity index (χ2n) is 8.31. The topological polar surface area (TPSA) is 88.8 Å². The van der Waals surface area contributed by atoms with Gasteiger partial charge in [-0.1, -0.05) is 30.3 Å². The van der Waals surface area contributed by atoms with Crippen LogP contribution in [0.2, 0.25) is 0 Å². The van der Waals surface area contributed by atoms with E-state index in [1.165, 1.54) is 16.6 Å². The summed E-state index contributed by atoms with van der Waals surface area (Å²) < 4.78 is 27.3. The van der Waals surface area contributed by atoms with Crippen LogP contribution in [-0.4, -0.2) is 97.8 Å². The van der Waals surface area contributed by atoms with Crippen LogP contribution in [0.15, 0.2) is 47.5 Å². The Bertz CT molecular complexity index is 998. The van der Waals surface area contributed by atoms with Crippen molar-refractivity contribution in [2.75, 3.05) is 64.4 Å². The zero-order valence-electron chi connectivity index (χ0n) is 18.4. The number of likely N-dealkylation sites (N-methyl/N-ethyl adjacent to an activating group) is 1. The molecule has 0 saturated carbocycles. The number of H-pyrrole nitrogens is 1. The molecule has 1 atom stereocenters. The minimum atomic E-state index is -3.59. The lowest BCUT2D eigenvalue weighted by atomic mass is 10.1. The molecule has 32 heavy (non-hydrogen) atoms. The Morgan fingerprint density at radius 2 is 1.78 bits per heavy atom. The van der Waals surface area contributed by atoms with Crippen molar-refractivity contribution in [3.8, 4) is 0 Å². The van der Waals surface area contributed by atoms with E-state index < -0.39 is 10.0 Å². The van der Waals surface area contributed by atoms with Gasteiger partial charge in [-0.3, -0.25) is 9.69 Å². The van der Waals surface area contributed by atoms with Crippen LogP contribution >= 0.6 is 11.8 Å². The largest absolute Gasteiger partial charge is 0.356 e. The summed E-state index contributed by atoms with van der Waals surface area (Å²) in [6, 6.07) is 11.2. The number of hydrogen-bond donors (Lipinski definition) is 2. The van der Waals surface area contributed by atoms with Crippen molar-refractivity contribution in [1.82, 2.24) is 24.4 Å². The lowest BCUT2D eigenvalue weighted by molar-refractivity contribution is 0.0903. The molecule has 0 radical (unpaired) electrons. The predicted octanol–water partition coefficient (Wildman–Crippen LogP) is 1.47. The molecule has 0 spiro atoms. The summed E-state index contributed by atoms with van der Waals surface area (Å²) in [6.45, 7) is 5.62. The Morgan fingerprint density at radius 1 is 1.09 bits per heavy atom. The van der Waals surface area contributed by atoms with Gasteiger partial charge < -0.3 is 15.2 Å². The quantitative estimate of drug-likeness (QED) is 0.628. The first-order valence-corrected chi connectivity index (χ1v) is 13.6. The van der Waals surface area contributed by atoms with Gasteiger partial charge in [-0.05, 0) is 18.7 Å². The van der Waals surface area contributed by atoms with Crippen molar-refractivity contribution in [2.45, 2.75) is 10.9 Å². The molecule has 2 N–H and O–H groups in total. The minimum Gasteiger partial charge on any atom is -0.356 e. The molecular weight excluding hydrogens is 446 g/mol. The molecule has 1 aromatic carbocycles. The molecule has 1 aromatic heterocycles. The van der Waals surface area contributed by atoms with Crippen LogP contribution in [0, 0.1) is 0 Å². The van der Waals surface area contributed by atoms with Crippen molar-refractivity contribution in [2.24, 2.45) is 0 Å². The molecule has 3 heterocycles. The number of hydrogen-bond acceptors (Lipinski definition) is 6. The fourth-order valence-electron chi connectivity index (χ4n) is 4.03. The number of thioether (sulfide) groups is 1. The molecule has 8 nitrogen and oxygen atoms in total. The first-order chi connectivity index (χ1) is 15.4. The van der Waals surface area contributed by atoms with E-state index in [9.17, 15) is 13.2 Å².